The average molecular weight is 289 g/mol. The maximum absolute atomic E-state index is 12.0. The van der Waals surface area contributed by atoms with Crippen molar-refractivity contribution in [3.8, 4) is 0 Å². The van der Waals surface area contributed by atoms with Crippen LogP contribution in [0.3, 0.4) is 0 Å². The van der Waals surface area contributed by atoms with E-state index < -0.39 is 0 Å². The van der Waals surface area contributed by atoms with Crippen molar-refractivity contribution >= 4 is 5.91 Å². The molecule has 0 aromatic carbocycles. The highest BCUT2D eigenvalue weighted by Crippen LogP contribution is 2.38. The van der Waals surface area contributed by atoms with Crippen molar-refractivity contribution < 1.29 is 4.79 Å². The minimum absolute atomic E-state index is 0.0437. The highest BCUT2D eigenvalue weighted by atomic mass is 16.2. The topological polar surface area (TPSA) is 64.0 Å². The molecule has 0 spiro atoms. The van der Waals surface area contributed by atoms with Crippen molar-refractivity contribution in [3.63, 3.8) is 0 Å². The summed E-state index contributed by atoms with van der Waals surface area (Å²) in [6.07, 6.45) is 4.31. The monoisotopic (exact) mass is 289 g/mol. The lowest BCUT2D eigenvalue weighted by molar-refractivity contribution is -0.123. The Hall–Kier alpha value is -1.65. The summed E-state index contributed by atoms with van der Waals surface area (Å²) in [5.74, 6) is 1.11. The third-order valence-corrected chi connectivity index (χ3v) is 4.33. The molecule has 1 N–H and O–H groups in total. The molecule has 2 aliphatic rings. The van der Waals surface area contributed by atoms with Crippen molar-refractivity contribution in [1.29, 1.82) is 0 Å². The van der Waals surface area contributed by atoms with Gasteiger partial charge in [-0.1, -0.05) is 13.8 Å². The van der Waals surface area contributed by atoms with Gasteiger partial charge in [0, 0.05) is 17.9 Å². The third kappa shape index (κ3) is 3.52. The van der Waals surface area contributed by atoms with E-state index in [0.29, 0.717) is 12.5 Å². The van der Waals surface area contributed by atoms with Gasteiger partial charge >= 0.3 is 0 Å². The van der Waals surface area contributed by atoms with E-state index in [1.165, 1.54) is 4.68 Å². The molecule has 2 aliphatic carbocycles. The first-order valence-electron chi connectivity index (χ1n) is 7.93. The van der Waals surface area contributed by atoms with Gasteiger partial charge in [0.1, 0.15) is 0 Å². The number of rotatable bonds is 6. The molecule has 2 fully saturated rings. The van der Waals surface area contributed by atoms with Gasteiger partial charge in [0.2, 0.25) is 5.91 Å². The molecule has 3 rings (SSSR count). The first kappa shape index (κ1) is 14.3. The van der Waals surface area contributed by atoms with E-state index in [4.69, 9.17) is 0 Å². The third-order valence-electron chi connectivity index (χ3n) is 4.33. The zero-order valence-corrected chi connectivity index (χ0v) is 12.7. The number of nitrogens with zero attached hydrogens (tertiary/aromatic N) is 2. The molecule has 1 aromatic rings. The highest BCUT2D eigenvalue weighted by molar-refractivity contribution is 5.81. The zero-order valence-electron chi connectivity index (χ0n) is 12.7. The Morgan fingerprint density at radius 1 is 1.33 bits per heavy atom. The molecular weight excluding hydrogens is 266 g/mol. The van der Waals surface area contributed by atoms with E-state index in [1.807, 2.05) is 6.07 Å². The van der Waals surface area contributed by atoms with Crippen LogP contribution in [-0.2, 0) is 11.3 Å². The molecule has 0 aliphatic heterocycles. The Bertz CT molecular complexity index is 585. The zero-order chi connectivity index (χ0) is 15.0. The van der Waals surface area contributed by atoms with Gasteiger partial charge in [0.25, 0.3) is 5.56 Å². The van der Waals surface area contributed by atoms with Crippen molar-refractivity contribution in [2.75, 3.05) is 0 Å². The van der Waals surface area contributed by atoms with Gasteiger partial charge in [-0.15, -0.1) is 0 Å². The normalized spacial score (nSPS) is 19.6. The largest absolute Gasteiger partial charge is 0.351 e. The van der Waals surface area contributed by atoms with Crippen LogP contribution in [0.25, 0.3) is 0 Å². The molecule has 0 unspecified atom stereocenters. The lowest BCUT2D eigenvalue weighted by atomic mass is 10.0. The molecule has 114 valence electrons. The molecule has 21 heavy (non-hydrogen) atoms. The summed E-state index contributed by atoms with van der Waals surface area (Å²) < 4.78 is 1.52. The number of hydrogen-bond acceptors (Lipinski definition) is 3. The maximum Gasteiger partial charge on any atom is 0.266 e. The maximum atomic E-state index is 12.0. The Balaban J connectivity index is 1.73. The molecule has 0 radical (unpaired) electrons. The van der Waals surface area contributed by atoms with Crippen molar-refractivity contribution in [2.45, 2.75) is 58.0 Å². The average Bonchev–Trinajstić information content (AvgIpc) is 3.29. The Kier molecular flexibility index (Phi) is 3.83. The van der Waals surface area contributed by atoms with Gasteiger partial charge in [-0.25, -0.2) is 4.68 Å². The van der Waals surface area contributed by atoms with Crippen molar-refractivity contribution in [3.05, 3.63) is 28.2 Å². The molecule has 1 heterocycles. The minimum Gasteiger partial charge on any atom is -0.351 e. The second-order valence-electron chi connectivity index (χ2n) is 6.69. The lowest BCUT2D eigenvalue weighted by Crippen LogP contribution is -2.44. The number of carbonyl (C=O) groups is 1. The van der Waals surface area contributed by atoms with Crippen LogP contribution in [-0.4, -0.2) is 21.7 Å². The summed E-state index contributed by atoms with van der Waals surface area (Å²) >= 11 is 0. The molecule has 1 amide bonds. The molecule has 0 saturated heterocycles. The number of hydrogen-bond donors (Lipinski definition) is 1. The summed E-state index contributed by atoms with van der Waals surface area (Å²) in [4.78, 5) is 24.0. The fourth-order valence-corrected chi connectivity index (χ4v) is 2.45. The summed E-state index contributed by atoms with van der Waals surface area (Å²) in [5, 5.41) is 7.56. The van der Waals surface area contributed by atoms with Gasteiger partial charge in [-0.3, -0.25) is 9.59 Å². The number of aromatic nitrogens is 2. The highest BCUT2D eigenvalue weighted by Gasteiger charge is 2.32. The second-order valence-corrected chi connectivity index (χ2v) is 6.69. The van der Waals surface area contributed by atoms with Gasteiger partial charge in [-0.05, 0) is 37.7 Å². The van der Waals surface area contributed by atoms with Crippen molar-refractivity contribution in [2.24, 2.45) is 11.8 Å². The van der Waals surface area contributed by atoms with Gasteiger partial charge in [0.15, 0.2) is 0 Å². The van der Waals surface area contributed by atoms with Crippen LogP contribution in [0.5, 0.6) is 0 Å². The number of amides is 1. The Morgan fingerprint density at radius 2 is 2.05 bits per heavy atom. The van der Waals surface area contributed by atoms with Crippen molar-refractivity contribution in [1.82, 2.24) is 15.1 Å². The van der Waals surface area contributed by atoms with Crippen LogP contribution in [0.4, 0.5) is 0 Å². The van der Waals surface area contributed by atoms with Crippen LogP contribution in [0, 0.1) is 11.8 Å². The van der Waals surface area contributed by atoms with Gasteiger partial charge in [0.05, 0.1) is 18.3 Å². The molecule has 5 heteroatoms. The van der Waals surface area contributed by atoms with Crippen LogP contribution in [0.1, 0.15) is 51.1 Å². The molecule has 2 saturated carbocycles. The first-order chi connectivity index (χ1) is 10.0. The first-order valence-corrected chi connectivity index (χ1v) is 7.93. The van der Waals surface area contributed by atoms with Gasteiger partial charge < -0.3 is 5.32 Å². The quantitative estimate of drug-likeness (QED) is 0.866. The molecule has 5 nitrogen and oxygen atoms in total. The molecule has 0 bridgehead atoms. The van der Waals surface area contributed by atoms with Gasteiger partial charge in [-0.2, -0.15) is 5.10 Å². The number of nitrogens with one attached hydrogen (secondary N) is 1. The SMILES string of the molecule is CC(C)[C@@H](Cn1nc(C2CC2)ccc1=O)NC(=O)C1CC1. The molecule has 1 atom stereocenters. The molecular formula is C16H23N3O2. The van der Waals surface area contributed by atoms with Crippen LogP contribution in [0.2, 0.25) is 0 Å². The minimum atomic E-state index is -0.0919. The molecule has 1 aromatic heterocycles. The summed E-state index contributed by atoms with van der Waals surface area (Å²) in [5.41, 5.74) is 0.913. The fraction of sp³-hybridized carbons (Fsp3) is 0.688. The standard InChI is InChI=1S/C16H23N3O2/c1-10(2)14(17-16(21)12-5-6-12)9-19-15(20)8-7-13(18-19)11-3-4-11/h7-8,10-12,14H,3-6,9H2,1-2H3,(H,17,21)/t14-/m1/s1. The summed E-state index contributed by atoms with van der Waals surface area (Å²) in [7, 11) is 0. The van der Waals surface area contributed by atoms with Crippen LogP contribution in [0.15, 0.2) is 16.9 Å². The number of carbonyl (C=O) groups excluding carboxylic acids is 1. The Labute approximate surface area is 124 Å². The van der Waals surface area contributed by atoms with Crippen LogP contribution < -0.4 is 10.9 Å². The summed E-state index contributed by atoms with van der Waals surface area (Å²) in [6.45, 7) is 4.58. The van der Waals surface area contributed by atoms with E-state index in [9.17, 15) is 9.59 Å². The van der Waals surface area contributed by atoms with Crippen LogP contribution >= 0.6 is 0 Å². The van der Waals surface area contributed by atoms with E-state index in [-0.39, 0.29) is 29.3 Å². The second kappa shape index (κ2) is 5.62. The lowest BCUT2D eigenvalue weighted by Gasteiger charge is -2.23. The summed E-state index contributed by atoms with van der Waals surface area (Å²) in [6, 6.07) is 3.39. The predicted octanol–water partition coefficient (Wildman–Crippen LogP) is 1.67. The predicted molar refractivity (Wildman–Crippen MR) is 80.0 cm³/mol. The smallest absolute Gasteiger partial charge is 0.266 e. The van der Waals surface area contributed by atoms with E-state index >= 15 is 0 Å². The van der Waals surface area contributed by atoms with E-state index in [0.717, 1.165) is 31.4 Å². The Morgan fingerprint density at radius 3 is 2.62 bits per heavy atom. The van der Waals surface area contributed by atoms with E-state index in [1.54, 1.807) is 6.07 Å². The van der Waals surface area contributed by atoms with E-state index in [2.05, 4.69) is 24.3 Å². The fourth-order valence-electron chi connectivity index (χ4n) is 2.45.